The molecule has 0 spiro atoms. The molecule has 34 heavy (non-hydrogen) atoms. The summed E-state index contributed by atoms with van der Waals surface area (Å²) in [4.78, 5) is 31.2. The van der Waals surface area contributed by atoms with E-state index in [1.165, 1.54) is 11.1 Å². The number of benzene rings is 2. The number of aromatic nitrogens is 2. The van der Waals surface area contributed by atoms with Crippen molar-refractivity contribution in [1.82, 2.24) is 14.5 Å². The summed E-state index contributed by atoms with van der Waals surface area (Å²) in [6.45, 7) is 7.60. The van der Waals surface area contributed by atoms with Gasteiger partial charge in [0.2, 0.25) is 0 Å². The number of ether oxygens (including phenoxy) is 1. The third kappa shape index (κ3) is 4.93. The van der Waals surface area contributed by atoms with Crippen LogP contribution < -0.4 is 10.1 Å². The van der Waals surface area contributed by atoms with Gasteiger partial charge in [0.15, 0.2) is 5.75 Å². The van der Waals surface area contributed by atoms with Crippen LogP contribution in [0.4, 0.5) is 10.5 Å². The van der Waals surface area contributed by atoms with Crippen molar-refractivity contribution in [3.63, 3.8) is 0 Å². The van der Waals surface area contributed by atoms with Gasteiger partial charge in [-0.05, 0) is 56.7 Å². The van der Waals surface area contributed by atoms with Crippen LogP contribution in [0.1, 0.15) is 35.3 Å². The highest BCUT2D eigenvalue weighted by atomic mass is 16.6. The Morgan fingerprint density at radius 3 is 2.50 bits per heavy atom. The number of amides is 2. The number of carbonyl (C=O) groups excluding carboxylic acids is 2. The van der Waals surface area contributed by atoms with Gasteiger partial charge in [-0.25, -0.2) is 4.79 Å². The summed E-state index contributed by atoms with van der Waals surface area (Å²) >= 11 is 0. The highest BCUT2D eigenvalue weighted by molar-refractivity contribution is 6.10. The molecule has 2 amide bonds. The van der Waals surface area contributed by atoms with Gasteiger partial charge < -0.3 is 19.5 Å². The second-order valence-corrected chi connectivity index (χ2v) is 8.03. The Kier molecular flexibility index (Phi) is 6.92. The lowest BCUT2D eigenvalue weighted by Crippen LogP contribution is -2.33. The molecular formula is C27H28N4O3. The molecule has 0 unspecified atom stereocenters. The van der Waals surface area contributed by atoms with Crippen molar-refractivity contribution >= 4 is 28.6 Å². The fourth-order valence-electron chi connectivity index (χ4n) is 3.94. The molecule has 2 aromatic carbocycles. The molecule has 0 saturated carbocycles. The molecule has 0 atom stereocenters. The Balaban J connectivity index is 1.74. The summed E-state index contributed by atoms with van der Waals surface area (Å²) in [6, 6.07) is 17.2. The van der Waals surface area contributed by atoms with Crippen LogP contribution in [0, 0.1) is 6.92 Å². The maximum Gasteiger partial charge on any atom is 0.415 e. The fourth-order valence-corrected chi connectivity index (χ4v) is 3.94. The van der Waals surface area contributed by atoms with E-state index in [4.69, 9.17) is 4.74 Å². The number of hydrogen-bond acceptors (Lipinski definition) is 4. The third-order valence-electron chi connectivity index (χ3n) is 5.75. The van der Waals surface area contributed by atoms with Crippen LogP contribution in [-0.4, -0.2) is 39.5 Å². The van der Waals surface area contributed by atoms with Crippen molar-refractivity contribution in [2.45, 2.75) is 27.3 Å². The summed E-state index contributed by atoms with van der Waals surface area (Å²) in [7, 11) is 0. The number of hydrogen-bond donors (Lipinski definition) is 1. The van der Waals surface area contributed by atoms with Crippen LogP contribution in [0.5, 0.6) is 5.75 Å². The molecule has 1 N–H and O–H groups in total. The lowest BCUT2D eigenvalue weighted by Gasteiger charge is -2.20. The molecular weight excluding hydrogens is 428 g/mol. The van der Waals surface area contributed by atoms with Crippen LogP contribution >= 0.6 is 0 Å². The molecule has 7 nitrogen and oxygen atoms in total. The van der Waals surface area contributed by atoms with E-state index in [2.05, 4.69) is 40.0 Å². The second-order valence-electron chi connectivity index (χ2n) is 8.03. The van der Waals surface area contributed by atoms with E-state index in [1.807, 2.05) is 38.2 Å². The highest BCUT2D eigenvalue weighted by Crippen LogP contribution is 2.35. The number of nitrogens with zero attached hydrogens (tertiary/aromatic N) is 3. The zero-order chi connectivity index (χ0) is 24.1. The molecule has 4 rings (SSSR count). The number of pyridine rings is 1. The Morgan fingerprint density at radius 2 is 1.79 bits per heavy atom. The Hall–Kier alpha value is -4.13. The van der Waals surface area contributed by atoms with Crippen LogP contribution in [-0.2, 0) is 6.54 Å². The quantitative estimate of drug-likeness (QED) is 0.399. The summed E-state index contributed by atoms with van der Waals surface area (Å²) in [5.41, 5.74) is 4.23. The van der Waals surface area contributed by atoms with Crippen molar-refractivity contribution in [2.75, 3.05) is 18.4 Å². The van der Waals surface area contributed by atoms with Gasteiger partial charge in [0.1, 0.15) is 0 Å². The van der Waals surface area contributed by atoms with E-state index < -0.39 is 6.09 Å². The first-order valence-corrected chi connectivity index (χ1v) is 11.4. The van der Waals surface area contributed by atoms with Gasteiger partial charge in [-0.1, -0.05) is 29.8 Å². The Morgan fingerprint density at radius 1 is 1.03 bits per heavy atom. The predicted molar refractivity (Wildman–Crippen MR) is 133 cm³/mol. The van der Waals surface area contributed by atoms with Crippen molar-refractivity contribution in [3.8, 4) is 5.75 Å². The number of carbonyl (C=O) groups is 2. The topological polar surface area (TPSA) is 76.5 Å². The average Bonchev–Trinajstić information content (AvgIpc) is 3.24. The van der Waals surface area contributed by atoms with Gasteiger partial charge >= 0.3 is 6.09 Å². The first kappa shape index (κ1) is 23.0. The van der Waals surface area contributed by atoms with E-state index in [-0.39, 0.29) is 5.91 Å². The smallest absolute Gasteiger partial charge is 0.408 e. The Bertz CT molecular complexity index is 1310. The summed E-state index contributed by atoms with van der Waals surface area (Å²) < 4.78 is 7.84. The zero-order valence-corrected chi connectivity index (χ0v) is 19.6. The lowest BCUT2D eigenvalue weighted by molar-refractivity contribution is 0.102. The molecule has 0 aliphatic carbocycles. The molecule has 0 saturated heterocycles. The summed E-state index contributed by atoms with van der Waals surface area (Å²) in [5, 5.41) is 3.75. The van der Waals surface area contributed by atoms with Crippen LogP contribution in [0.25, 0.3) is 10.9 Å². The molecule has 0 fully saturated rings. The molecule has 2 aromatic heterocycles. The second kappa shape index (κ2) is 10.2. The molecule has 174 valence electrons. The molecule has 0 aliphatic heterocycles. The molecule has 0 aliphatic rings. The fraction of sp³-hybridized carbons (Fsp3) is 0.222. The maximum atomic E-state index is 13.0. The van der Waals surface area contributed by atoms with Crippen molar-refractivity contribution in [3.05, 3.63) is 89.9 Å². The zero-order valence-electron chi connectivity index (χ0n) is 19.6. The van der Waals surface area contributed by atoms with Gasteiger partial charge in [0.25, 0.3) is 5.91 Å². The number of anilines is 1. The highest BCUT2D eigenvalue weighted by Gasteiger charge is 2.20. The first-order valence-electron chi connectivity index (χ1n) is 11.4. The summed E-state index contributed by atoms with van der Waals surface area (Å²) in [5.74, 6) is 0.00147. The van der Waals surface area contributed by atoms with Gasteiger partial charge in [-0.15, -0.1) is 0 Å². The third-order valence-corrected chi connectivity index (χ3v) is 5.75. The molecule has 0 bridgehead atoms. The minimum atomic E-state index is -0.456. The van der Waals surface area contributed by atoms with Gasteiger partial charge in [-0.3, -0.25) is 9.78 Å². The van der Waals surface area contributed by atoms with Crippen molar-refractivity contribution in [2.24, 2.45) is 0 Å². The van der Waals surface area contributed by atoms with Crippen LogP contribution in [0.15, 0.2) is 73.2 Å². The van der Waals surface area contributed by atoms with Crippen LogP contribution in [0.2, 0.25) is 0 Å². The molecule has 7 heteroatoms. The molecule has 2 heterocycles. The first-order chi connectivity index (χ1) is 16.5. The van der Waals surface area contributed by atoms with E-state index in [1.54, 1.807) is 35.5 Å². The van der Waals surface area contributed by atoms with E-state index in [9.17, 15) is 9.59 Å². The van der Waals surface area contributed by atoms with E-state index in [0.717, 1.165) is 10.9 Å². The standard InChI is InChI=1S/C27H28N4O3/c1-4-30(5-2)27(33)34-24-10-9-23-22(25(24)29-26(32)21-11-14-28-15-12-21)13-16-31(23)18-20-8-6-7-19(3)17-20/h6-17H,4-5,18H2,1-3H3,(H,29,32). The normalized spacial score (nSPS) is 10.8. The monoisotopic (exact) mass is 456 g/mol. The minimum Gasteiger partial charge on any atom is -0.408 e. The van der Waals surface area contributed by atoms with E-state index >= 15 is 0 Å². The maximum absolute atomic E-state index is 13.0. The number of aryl methyl sites for hydroxylation is 1. The van der Waals surface area contributed by atoms with Crippen molar-refractivity contribution in [1.29, 1.82) is 0 Å². The minimum absolute atomic E-state index is 0.304. The van der Waals surface area contributed by atoms with Crippen LogP contribution in [0.3, 0.4) is 0 Å². The lowest BCUT2D eigenvalue weighted by atomic mass is 10.1. The van der Waals surface area contributed by atoms with Gasteiger partial charge in [-0.2, -0.15) is 0 Å². The Labute approximate surface area is 199 Å². The largest absolute Gasteiger partial charge is 0.415 e. The number of rotatable bonds is 7. The average molecular weight is 457 g/mol. The SMILES string of the molecule is CCN(CC)C(=O)Oc1ccc2c(ccn2Cc2cccc(C)c2)c1NC(=O)c1ccncc1. The number of fused-ring (bicyclic) bond motifs is 1. The predicted octanol–water partition coefficient (Wildman–Crippen LogP) is 5.49. The van der Waals surface area contributed by atoms with Gasteiger partial charge in [0, 0.05) is 49.2 Å². The molecule has 4 aromatic rings. The van der Waals surface area contributed by atoms with Gasteiger partial charge in [0.05, 0.1) is 11.2 Å². The number of nitrogens with one attached hydrogen (secondary N) is 1. The summed E-state index contributed by atoms with van der Waals surface area (Å²) in [6.07, 6.45) is 4.65. The molecule has 0 radical (unpaired) electrons. The van der Waals surface area contributed by atoms with Crippen molar-refractivity contribution < 1.29 is 14.3 Å². The van der Waals surface area contributed by atoms with E-state index in [0.29, 0.717) is 36.6 Å².